The second kappa shape index (κ2) is 6.72. The van der Waals surface area contributed by atoms with Gasteiger partial charge in [-0.1, -0.05) is 6.07 Å². The lowest BCUT2D eigenvalue weighted by molar-refractivity contribution is -0.129. The number of rotatable bonds is 5. The van der Waals surface area contributed by atoms with E-state index in [2.05, 4.69) is 10.3 Å². The van der Waals surface area contributed by atoms with Crippen LogP contribution in [0.5, 0.6) is 0 Å². The predicted octanol–water partition coefficient (Wildman–Crippen LogP) is 2.51. The van der Waals surface area contributed by atoms with E-state index in [1.807, 2.05) is 6.07 Å². The minimum atomic E-state index is -0.858. The Morgan fingerprint density at radius 3 is 2.81 bits per heavy atom. The van der Waals surface area contributed by atoms with Gasteiger partial charge in [0.15, 0.2) is 0 Å². The van der Waals surface area contributed by atoms with E-state index in [1.54, 1.807) is 23.4 Å². The van der Waals surface area contributed by atoms with Gasteiger partial charge in [-0.2, -0.15) is 0 Å². The summed E-state index contributed by atoms with van der Waals surface area (Å²) in [6.07, 6.45) is 4.57. The number of carbonyl (C=O) groups excluding carboxylic acids is 2. The Kier molecular flexibility index (Phi) is 4.37. The summed E-state index contributed by atoms with van der Waals surface area (Å²) >= 11 is 0. The number of hydrogen-bond donors (Lipinski definition) is 1. The standard InChI is InChI=1S/C20H19F2N3O2/c21-15-3-4-17(22)16(9-15)20(5-6-20)24-19(27)14-8-18(26)25(12-14)11-13-2-1-7-23-10-13/h1-4,7,9-10,14H,5-6,8,11-12H2,(H,24,27)/t14-/m1/s1. The van der Waals surface area contributed by atoms with E-state index in [0.717, 1.165) is 23.8 Å². The highest BCUT2D eigenvalue weighted by molar-refractivity contribution is 5.89. The fourth-order valence-corrected chi connectivity index (χ4v) is 3.60. The second-order valence-electron chi connectivity index (χ2n) is 7.23. The maximum absolute atomic E-state index is 14.1. The van der Waals surface area contributed by atoms with E-state index in [0.29, 0.717) is 25.9 Å². The molecule has 2 amide bonds. The van der Waals surface area contributed by atoms with Gasteiger partial charge < -0.3 is 10.2 Å². The predicted molar refractivity (Wildman–Crippen MR) is 93.2 cm³/mol. The molecule has 2 heterocycles. The lowest BCUT2D eigenvalue weighted by Crippen LogP contribution is -2.40. The van der Waals surface area contributed by atoms with Crippen LogP contribution in [-0.2, 0) is 21.7 Å². The fourth-order valence-electron chi connectivity index (χ4n) is 3.60. The Morgan fingerprint density at radius 1 is 1.30 bits per heavy atom. The van der Waals surface area contributed by atoms with Crippen LogP contribution in [0.25, 0.3) is 0 Å². The Bertz CT molecular complexity index is 884. The molecule has 27 heavy (non-hydrogen) atoms. The van der Waals surface area contributed by atoms with Crippen LogP contribution in [0.15, 0.2) is 42.7 Å². The van der Waals surface area contributed by atoms with Gasteiger partial charge in [0.1, 0.15) is 11.6 Å². The van der Waals surface area contributed by atoms with Gasteiger partial charge in [-0.05, 0) is 42.7 Å². The molecule has 2 fully saturated rings. The van der Waals surface area contributed by atoms with Gasteiger partial charge in [0.05, 0.1) is 11.5 Å². The first-order chi connectivity index (χ1) is 13.0. The van der Waals surface area contributed by atoms with Crippen molar-refractivity contribution < 1.29 is 18.4 Å². The zero-order valence-electron chi connectivity index (χ0n) is 14.6. The van der Waals surface area contributed by atoms with Crippen LogP contribution in [0.4, 0.5) is 8.78 Å². The van der Waals surface area contributed by atoms with Crippen molar-refractivity contribution in [3.8, 4) is 0 Å². The van der Waals surface area contributed by atoms with Gasteiger partial charge in [0.2, 0.25) is 11.8 Å². The third kappa shape index (κ3) is 3.54. The van der Waals surface area contributed by atoms with Crippen molar-refractivity contribution in [1.82, 2.24) is 15.2 Å². The van der Waals surface area contributed by atoms with Gasteiger partial charge >= 0.3 is 0 Å². The molecule has 2 aliphatic rings. The van der Waals surface area contributed by atoms with Crippen molar-refractivity contribution in [2.45, 2.75) is 31.3 Å². The molecular formula is C20H19F2N3O2. The number of carbonyl (C=O) groups is 2. The van der Waals surface area contributed by atoms with Crippen molar-refractivity contribution in [2.75, 3.05) is 6.54 Å². The summed E-state index contributed by atoms with van der Waals surface area (Å²) in [7, 11) is 0. The molecule has 1 saturated carbocycles. The zero-order chi connectivity index (χ0) is 19.0. The number of amides is 2. The first kappa shape index (κ1) is 17.6. The highest BCUT2D eigenvalue weighted by atomic mass is 19.1. The van der Waals surface area contributed by atoms with Gasteiger partial charge in [-0.15, -0.1) is 0 Å². The molecule has 4 rings (SSSR count). The molecule has 1 atom stereocenters. The molecule has 2 aromatic rings. The minimum absolute atomic E-state index is 0.0965. The maximum atomic E-state index is 14.1. The molecular weight excluding hydrogens is 352 g/mol. The molecule has 0 bridgehead atoms. The Labute approximate surface area is 155 Å². The van der Waals surface area contributed by atoms with E-state index in [1.165, 1.54) is 0 Å². The van der Waals surface area contributed by atoms with Crippen molar-refractivity contribution in [2.24, 2.45) is 5.92 Å². The lowest BCUT2D eigenvalue weighted by Gasteiger charge is -2.21. The second-order valence-corrected chi connectivity index (χ2v) is 7.23. The molecule has 1 saturated heterocycles. The number of pyridine rings is 1. The van der Waals surface area contributed by atoms with Crippen molar-refractivity contribution in [3.63, 3.8) is 0 Å². The maximum Gasteiger partial charge on any atom is 0.226 e. The quantitative estimate of drug-likeness (QED) is 0.879. The summed E-state index contributed by atoms with van der Waals surface area (Å²) in [6.45, 7) is 0.710. The zero-order valence-corrected chi connectivity index (χ0v) is 14.6. The van der Waals surface area contributed by atoms with Gasteiger partial charge in [-0.3, -0.25) is 14.6 Å². The number of nitrogens with one attached hydrogen (secondary N) is 1. The van der Waals surface area contributed by atoms with E-state index >= 15 is 0 Å². The molecule has 7 heteroatoms. The Hall–Kier alpha value is -2.83. The average Bonchev–Trinajstić information content (AvgIpc) is 3.34. The van der Waals surface area contributed by atoms with E-state index < -0.39 is 23.1 Å². The Morgan fingerprint density at radius 2 is 2.11 bits per heavy atom. The SMILES string of the molecule is O=C(NC1(c2cc(F)ccc2F)CC1)[C@@H]1CC(=O)N(Cc2cccnc2)C1. The van der Waals surface area contributed by atoms with Crippen molar-refractivity contribution >= 4 is 11.8 Å². The van der Waals surface area contributed by atoms with Crippen LogP contribution in [-0.4, -0.2) is 28.2 Å². The molecule has 5 nitrogen and oxygen atoms in total. The molecule has 1 N–H and O–H groups in total. The number of aromatic nitrogens is 1. The summed E-state index contributed by atoms with van der Waals surface area (Å²) in [6, 6.07) is 6.94. The smallest absolute Gasteiger partial charge is 0.226 e. The summed E-state index contributed by atoms with van der Waals surface area (Å²) in [5.74, 6) is -1.96. The minimum Gasteiger partial charge on any atom is -0.346 e. The largest absolute Gasteiger partial charge is 0.346 e. The first-order valence-electron chi connectivity index (χ1n) is 8.91. The van der Waals surface area contributed by atoms with E-state index in [9.17, 15) is 18.4 Å². The summed E-state index contributed by atoms with van der Waals surface area (Å²) < 4.78 is 27.6. The summed E-state index contributed by atoms with van der Waals surface area (Å²) in [5.41, 5.74) is 0.211. The van der Waals surface area contributed by atoms with Crippen LogP contribution in [0.1, 0.15) is 30.4 Å². The molecule has 1 aromatic heterocycles. The summed E-state index contributed by atoms with van der Waals surface area (Å²) in [4.78, 5) is 30.6. The van der Waals surface area contributed by atoms with Gasteiger partial charge in [0, 0.05) is 37.5 Å². The van der Waals surface area contributed by atoms with Crippen LogP contribution in [0, 0.1) is 17.6 Å². The number of benzene rings is 1. The van der Waals surface area contributed by atoms with Gasteiger partial charge in [0.25, 0.3) is 0 Å². The third-order valence-electron chi connectivity index (χ3n) is 5.24. The molecule has 1 aliphatic heterocycles. The van der Waals surface area contributed by atoms with Crippen LogP contribution >= 0.6 is 0 Å². The normalized spacial score (nSPS) is 20.6. The molecule has 140 valence electrons. The first-order valence-corrected chi connectivity index (χ1v) is 8.91. The van der Waals surface area contributed by atoms with E-state index in [-0.39, 0.29) is 23.8 Å². The molecule has 0 spiro atoms. The van der Waals surface area contributed by atoms with Crippen LogP contribution in [0.3, 0.4) is 0 Å². The van der Waals surface area contributed by atoms with Crippen molar-refractivity contribution in [3.05, 3.63) is 65.5 Å². The lowest BCUT2D eigenvalue weighted by atomic mass is 10.0. The number of halogens is 2. The monoisotopic (exact) mass is 371 g/mol. The highest BCUT2D eigenvalue weighted by Crippen LogP contribution is 2.47. The number of likely N-dealkylation sites (tertiary alicyclic amines) is 1. The number of nitrogens with zero attached hydrogens (tertiary/aromatic N) is 2. The molecule has 0 radical (unpaired) electrons. The number of hydrogen-bond acceptors (Lipinski definition) is 3. The molecule has 1 aliphatic carbocycles. The van der Waals surface area contributed by atoms with E-state index in [4.69, 9.17) is 0 Å². The molecule has 1 aromatic carbocycles. The van der Waals surface area contributed by atoms with Gasteiger partial charge in [-0.25, -0.2) is 8.78 Å². The van der Waals surface area contributed by atoms with Crippen LogP contribution in [0.2, 0.25) is 0 Å². The fraction of sp³-hybridized carbons (Fsp3) is 0.350. The highest BCUT2D eigenvalue weighted by Gasteiger charge is 2.49. The average molecular weight is 371 g/mol. The van der Waals surface area contributed by atoms with Crippen LogP contribution < -0.4 is 5.32 Å². The molecule has 0 unspecified atom stereocenters. The van der Waals surface area contributed by atoms with Crippen molar-refractivity contribution in [1.29, 1.82) is 0 Å². The topological polar surface area (TPSA) is 62.3 Å². The Balaban J connectivity index is 1.43. The third-order valence-corrected chi connectivity index (χ3v) is 5.24. The summed E-state index contributed by atoms with van der Waals surface area (Å²) in [5, 5.41) is 2.86.